The fourth-order valence-corrected chi connectivity index (χ4v) is 1.37. The zero-order valence-corrected chi connectivity index (χ0v) is 8.07. The van der Waals surface area contributed by atoms with E-state index in [0.29, 0.717) is 16.4 Å². The van der Waals surface area contributed by atoms with E-state index in [0.717, 1.165) is 5.56 Å². The molecule has 0 spiro atoms. The van der Waals surface area contributed by atoms with Crippen LogP contribution in [-0.2, 0) is 0 Å². The zero-order valence-electron chi connectivity index (χ0n) is 7.31. The van der Waals surface area contributed by atoms with Crippen LogP contribution in [0.25, 0.3) is 11.3 Å². The van der Waals surface area contributed by atoms with Crippen molar-refractivity contribution in [3.05, 3.63) is 41.8 Å². The van der Waals surface area contributed by atoms with Crippen molar-refractivity contribution in [1.82, 2.24) is 9.97 Å². The highest BCUT2D eigenvalue weighted by atomic mass is 35.5. The van der Waals surface area contributed by atoms with Crippen LogP contribution in [-0.4, -0.2) is 9.97 Å². The number of nitrogens with two attached hydrogens (primary N) is 1. The van der Waals surface area contributed by atoms with Crippen LogP contribution < -0.4 is 5.73 Å². The summed E-state index contributed by atoms with van der Waals surface area (Å²) in [5.74, 6) is 0. The van der Waals surface area contributed by atoms with Gasteiger partial charge in [-0.3, -0.25) is 9.97 Å². The Bertz CT molecular complexity index is 442. The van der Waals surface area contributed by atoms with Crippen LogP contribution in [0.2, 0.25) is 5.02 Å². The summed E-state index contributed by atoms with van der Waals surface area (Å²) in [5.41, 5.74) is 7.94. The summed E-state index contributed by atoms with van der Waals surface area (Å²) >= 11 is 5.75. The molecule has 70 valence electrons. The Labute approximate surface area is 86.6 Å². The number of hydrogen-bond acceptors (Lipinski definition) is 3. The third-order valence-corrected chi connectivity index (χ3v) is 2.03. The van der Waals surface area contributed by atoms with Crippen molar-refractivity contribution in [2.45, 2.75) is 0 Å². The molecule has 0 aliphatic carbocycles. The summed E-state index contributed by atoms with van der Waals surface area (Å²) in [6.45, 7) is 0. The number of pyridine rings is 2. The molecule has 0 fully saturated rings. The maximum Gasteiger partial charge on any atom is 0.0947 e. The topological polar surface area (TPSA) is 51.8 Å². The molecule has 0 unspecified atom stereocenters. The third-order valence-electron chi connectivity index (χ3n) is 1.82. The first-order chi connectivity index (χ1) is 6.77. The molecule has 2 aromatic heterocycles. The fraction of sp³-hybridized carbons (Fsp3) is 0. The summed E-state index contributed by atoms with van der Waals surface area (Å²) < 4.78 is 0. The van der Waals surface area contributed by atoms with Crippen LogP contribution in [0.4, 0.5) is 5.69 Å². The van der Waals surface area contributed by atoms with Gasteiger partial charge in [0.15, 0.2) is 0 Å². The van der Waals surface area contributed by atoms with Gasteiger partial charge in [0, 0.05) is 24.2 Å². The van der Waals surface area contributed by atoms with Crippen LogP contribution >= 0.6 is 11.6 Å². The van der Waals surface area contributed by atoms with Gasteiger partial charge in [-0.05, 0) is 18.2 Å². The van der Waals surface area contributed by atoms with E-state index < -0.39 is 0 Å². The van der Waals surface area contributed by atoms with Gasteiger partial charge < -0.3 is 5.73 Å². The smallest absolute Gasteiger partial charge is 0.0947 e. The molecular formula is C10H8ClN3. The number of rotatable bonds is 1. The maximum atomic E-state index is 5.78. The molecule has 0 radical (unpaired) electrons. The minimum absolute atomic E-state index is 0.537. The number of halogens is 1. The number of anilines is 1. The molecule has 2 heterocycles. The summed E-state index contributed by atoms with van der Waals surface area (Å²) in [4.78, 5) is 8.15. The molecule has 2 rings (SSSR count). The van der Waals surface area contributed by atoms with E-state index in [4.69, 9.17) is 17.3 Å². The third kappa shape index (κ3) is 1.67. The van der Waals surface area contributed by atoms with Crippen molar-refractivity contribution < 1.29 is 0 Å². The molecule has 4 heteroatoms. The molecule has 14 heavy (non-hydrogen) atoms. The Morgan fingerprint density at radius 1 is 1.29 bits per heavy atom. The van der Waals surface area contributed by atoms with E-state index in [2.05, 4.69) is 9.97 Å². The van der Waals surface area contributed by atoms with E-state index in [-0.39, 0.29) is 0 Å². The van der Waals surface area contributed by atoms with Crippen molar-refractivity contribution in [2.75, 3.05) is 5.73 Å². The molecule has 2 N–H and O–H groups in total. The van der Waals surface area contributed by atoms with E-state index in [1.54, 1.807) is 24.7 Å². The molecule has 0 aliphatic rings. The zero-order chi connectivity index (χ0) is 9.97. The lowest BCUT2D eigenvalue weighted by Crippen LogP contribution is -1.93. The molecule has 0 saturated heterocycles. The predicted octanol–water partition coefficient (Wildman–Crippen LogP) is 2.38. The Kier molecular flexibility index (Phi) is 2.33. The van der Waals surface area contributed by atoms with Gasteiger partial charge in [-0.1, -0.05) is 11.6 Å². The van der Waals surface area contributed by atoms with Crippen molar-refractivity contribution in [3.63, 3.8) is 0 Å². The Morgan fingerprint density at radius 2 is 2.14 bits per heavy atom. The Balaban J connectivity index is 2.53. The lowest BCUT2D eigenvalue weighted by molar-refractivity contribution is 1.28. The normalized spacial score (nSPS) is 10.1. The number of hydrogen-bond donors (Lipinski definition) is 1. The summed E-state index contributed by atoms with van der Waals surface area (Å²) in [6.07, 6.45) is 4.99. The number of aromatic nitrogens is 2. The van der Waals surface area contributed by atoms with E-state index >= 15 is 0 Å². The first-order valence-electron chi connectivity index (χ1n) is 4.09. The van der Waals surface area contributed by atoms with Crippen molar-refractivity contribution in [1.29, 1.82) is 0 Å². The van der Waals surface area contributed by atoms with E-state index in [9.17, 15) is 0 Å². The van der Waals surface area contributed by atoms with Crippen LogP contribution in [0.5, 0.6) is 0 Å². The van der Waals surface area contributed by atoms with Crippen LogP contribution in [0.1, 0.15) is 0 Å². The second-order valence-corrected chi connectivity index (χ2v) is 3.27. The quantitative estimate of drug-likeness (QED) is 0.778. The molecule has 0 aromatic carbocycles. The molecule has 3 nitrogen and oxygen atoms in total. The van der Waals surface area contributed by atoms with E-state index in [1.807, 2.05) is 12.1 Å². The molecule has 2 aromatic rings. The van der Waals surface area contributed by atoms with Crippen molar-refractivity contribution >= 4 is 17.3 Å². The lowest BCUT2D eigenvalue weighted by atomic mass is 10.1. The molecule has 0 saturated carbocycles. The summed E-state index contributed by atoms with van der Waals surface area (Å²) in [6, 6.07) is 5.42. The average molecular weight is 206 g/mol. The monoisotopic (exact) mass is 205 g/mol. The number of nitrogens with zero attached hydrogens (tertiary/aromatic N) is 2. The van der Waals surface area contributed by atoms with Gasteiger partial charge in [0.25, 0.3) is 0 Å². The minimum Gasteiger partial charge on any atom is -0.397 e. The second-order valence-electron chi connectivity index (χ2n) is 2.83. The Morgan fingerprint density at radius 3 is 2.79 bits per heavy atom. The molecular weight excluding hydrogens is 198 g/mol. The predicted molar refractivity (Wildman–Crippen MR) is 56.9 cm³/mol. The lowest BCUT2D eigenvalue weighted by Gasteiger charge is -2.03. The molecule has 0 amide bonds. The maximum absolute atomic E-state index is 5.78. The standard InChI is InChI=1S/C10H8ClN3/c11-8-4-9(12)10(14-6-8)7-2-1-3-13-5-7/h1-6H,12H2. The van der Waals surface area contributed by atoms with Crippen LogP contribution in [0.3, 0.4) is 0 Å². The van der Waals surface area contributed by atoms with Gasteiger partial charge in [0.1, 0.15) is 0 Å². The van der Waals surface area contributed by atoms with Gasteiger partial charge in [-0.25, -0.2) is 0 Å². The van der Waals surface area contributed by atoms with Crippen LogP contribution in [0.15, 0.2) is 36.8 Å². The summed E-state index contributed by atoms with van der Waals surface area (Å²) in [7, 11) is 0. The van der Waals surface area contributed by atoms with Crippen LogP contribution in [0, 0.1) is 0 Å². The number of nitrogen functional groups attached to an aromatic ring is 1. The minimum atomic E-state index is 0.537. The molecule has 0 bridgehead atoms. The Hall–Kier alpha value is -1.61. The highest BCUT2D eigenvalue weighted by Crippen LogP contribution is 2.24. The van der Waals surface area contributed by atoms with Gasteiger partial charge in [-0.15, -0.1) is 0 Å². The first-order valence-corrected chi connectivity index (χ1v) is 4.46. The van der Waals surface area contributed by atoms with Gasteiger partial charge >= 0.3 is 0 Å². The summed E-state index contributed by atoms with van der Waals surface area (Å²) in [5, 5.41) is 0.537. The van der Waals surface area contributed by atoms with E-state index in [1.165, 1.54) is 0 Å². The van der Waals surface area contributed by atoms with Gasteiger partial charge in [0.2, 0.25) is 0 Å². The van der Waals surface area contributed by atoms with Crippen molar-refractivity contribution in [2.24, 2.45) is 0 Å². The highest BCUT2D eigenvalue weighted by Gasteiger charge is 2.03. The highest BCUT2D eigenvalue weighted by molar-refractivity contribution is 6.30. The second kappa shape index (κ2) is 3.64. The van der Waals surface area contributed by atoms with Gasteiger partial charge in [-0.2, -0.15) is 0 Å². The average Bonchev–Trinajstić information content (AvgIpc) is 2.19. The van der Waals surface area contributed by atoms with Crippen molar-refractivity contribution in [3.8, 4) is 11.3 Å². The first kappa shape index (κ1) is 8.97. The van der Waals surface area contributed by atoms with Gasteiger partial charge in [0.05, 0.1) is 16.4 Å². The molecule has 0 atom stereocenters. The largest absolute Gasteiger partial charge is 0.397 e. The fourth-order valence-electron chi connectivity index (χ4n) is 1.20. The molecule has 0 aliphatic heterocycles. The SMILES string of the molecule is Nc1cc(Cl)cnc1-c1cccnc1.